The molecule has 4 nitrogen and oxygen atoms in total. The minimum absolute atomic E-state index is 0.275. The van der Waals surface area contributed by atoms with E-state index in [-0.39, 0.29) is 13.2 Å². The molecule has 0 aromatic heterocycles. The zero-order chi connectivity index (χ0) is 16.5. The van der Waals surface area contributed by atoms with Gasteiger partial charge in [0.1, 0.15) is 24.7 Å². The van der Waals surface area contributed by atoms with Crippen LogP contribution in [0.4, 0.5) is 0 Å². The number of hydrogen-bond acceptors (Lipinski definition) is 4. The molecule has 0 saturated carbocycles. The highest BCUT2D eigenvalue weighted by molar-refractivity contribution is 5.32. The molecule has 2 N–H and O–H groups in total. The molecule has 22 heavy (non-hydrogen) atoms. The summed E-state index contributed by atoms with van der Waals surface area (Å²) in [4.78, 5) is 0. The van der Waals surface area contributed by atoms with Gasteiger partial charge in [0, 0.05) is 6.07 Å². The number of aliphatic hydroxyl groups excluding tert-OH is 2. The van der Waals surface area contributed by atoms with E-state index in [9.17, 15) is 10.2 Å². The van der Waals surface area contributed by atoms with Crippen molar-refractivity contribution < 1.29 is 19.7 Å². The third kappa shape index (κ3) is 8.25. The van der Waals surface area contributed by atoms with E-state index in [4.69, 9.17) is 9.47 Å². The summed E-state index contributed by atoms with van der Waals surface area (Å²) in [6.45, 7) is 8.83. The lowest BCUT2D eigenvalue weighted by atomic mass is 10.1. The highest BCUT2D eigenvalue weighted by Gasteiger charge is 2.10. The standard InChI is InChI=1S/C18H30O4/c1-13(2)8-15(19)11-21-17-6-5-7-18(10-17)22-12-16(20)9-14(3)4/h5-7,10,13-16,19-20H,8-9,11-12H2,1-4H3. The quantitative estimate of drug-likeness (QED) is 0.696. The van der Waals surface area contributed by atoms with Gasteiger partial charge >= 0.3 is 0 Å². The van der Waals surface area contributed by atoms with Crippen LogP contribution in [0.15, 0.2) is 24.3 Å². The number of benzene rings is 1. The second kappa shape index (κ2) is 9.70. The maximum absolute atomic E-state index is 9.82. The molecule has 126 valence electrons. The molecule has 0 amide bonds. The molecule has 0 fully saturated rings. The predicted octanol–water partition coefficient (Wildman–Crippen LogP) is 3.26. The van der Waals surface area contributed by atoms with Gasteiger partial charge in [0.2, 0.25) is 0 Å². The Bertz CT molecular complexity index is 382. The molecule has 1 rings (SSSR count). The van der Waals surface area contributed by atoms with Crippen molar-refractivity contribution in [2.24, 2.45) is 11.8 Å². The summed E-state index contributed by atoms with van der Waals surface area (Å²) in [7, 11) is 0. The summed E-state index contributed by atoms with van der Waals surface area (Å²) < 4.78 is 11.2. The first kappa shape index (κ1) is 18.8. The second-order valence-corrected chi connectivity index (χ2v) is 6.66. The van der Waals surface area contributed by atoms with Crippen LogP contribution in [0.5, 0.6) is 11.5 Å². The van der Waals surface area contributed by atoms with Gasteiger partial charge in [-0.25, -0.2) is 0 Å². The summed E-state index contributed by atoms with van der Waals surface area (Å²) >= 11 is 0. The Hall–Kier alpha value is -1.26. The van der Waals surface area contributed by atoms with Crippen LogP contribution in [0.1, 0.15) is 40.5 Å². The second-order valence-electron chi connectivity index (χ2n) is 6.66. The molecule has 0 radical (unpaired) electrons. The van der Waals surface area contributed by atoms with Crippen LogP contribution in [0.3, 0.4) is 0 Å². The van der Waals surface area contributed by atoms with Gasteiger partial charge in [-0.3, -0.25) is 0 Å². The number of ether oxygens (including phenoxy) is 2. The van der Waals surface area contributed by atoms with Gasteiger partial charge in [0.15, 0.2) is 0 Å². The Labute approximate surface area is 134 Å². The average Bonchev–Trinajstić information content (AvgIpc) is 2.42. The van der Waals surface area contributed by atoms with Crippen molar-refractivity contribution in [3.8, 4) is 11.5 Å². The van der Waals surface area contributed by atoms with Crippen LogP contribution in [-0.2, 0) is 0 Å². The third-order valence-electron chi connectivity index (χ3n) is 3.18. The van der Waals surface area contributed by atoms with Crippen LogP contribution in [0.2, 0.25) is 0 Å². The summed E-state index contributed by atoms with van der Waals surface area (Å²) in [6, 6.07) is 7.29. The molecule has 2 atom stereocenters. The van der Waals surface area contributed by atoms with Crippen molar-refractivity contribution in [3.05, 3.63) is 24.3 Å². The molecule has 0 spiro atoms. The number of hydrogen-bond donors (Lipinski definition) is 2. The number of aliphatic hydroxyl groups is 2. The van der Waals surface area contributed by atoms with Crippen molar-refractivity contribution in [1.82, 2.24) is 0 Å². The topological polar surface area (TPSA) is 58.9 Å². The molecule has 0 saturated heterocycles. The average molecular weight is 310 g/mol. The minimum Gasteiger partial charge on any atom is -0.491 e. The molecule has 1 aromatic rings. The van der Waals surface area contributed by atoms with E-state index in [1.165, 1.54) is 0 Å². The van der Waals surface area contributed by atoms with E-state index in [0.717, 1.165) is 12.8 Å². The van der Waals surface area contributed by atoms with Crippen LogP contribution in [0, 0.1) is 11.8 Å². The van der Waals surface area contributed by atoms with E-state index < -0.39 is 12.2 Å². The Kier molecular flexibility index (Phi) is 8.28. The lowest BCUT2D eigenvalue weighted by molar-refractivity contribution is 0.0860. The normalized spacial score (nSPS) is 14.2. The first-order valence-corrected chi connectivity index (χ1v) is 8.08. The Balaban J connectivity index is 2.41. The fraction of sp³-hybridized carbons (Fsp3) is 0.667. The fourth-order valence-corrected chi connectivity index (χ4v) is 2.26. The van der Waals surface area contributed by atoms with Gasteiger partial charge in [0.05, 0.1) is 12.2 Å². The molecule has 1 aromatic carbocycles. The van der Waals surface area contributed by atoms with Gasteiger partial charge in [-0.1, -0.05) is 33.8 Å². The molecule has 2 unspecified atom stereocenters. The highest BCUT2D eigenvalue weighted by atomic mass is 16.5. The van der Waals surface area contributed by atoms with Crippen LogP contribution in [0.25, 0.3) is 0 Å². The van der Waals surface area contributed by atoms with Crippen LogP contribution >= 0.6 is 0 Å². The van der Waals surface area contributed by atoms with Crippen molar-refractivity contribution in [2.45, 2.75) is 52.7 Å². The van der Waals surface area contributed by atoms with Crippen molar-refractivity contribution in [3.63, 3.8) is 0 Å². The lowest BCUT2D eigenvalue weighted by Crippen LogP contribution is -2.20. The SMILES string of the molecule is CC(C)CC(O)COc1cccc(OCC(O)CC(C)C)c1. The Morgan fingerprint density at radius 3 is 1.59 bits per heavy atom. The van der Waals surface area contributed by atoms with E-state index in [2.05, 4.69) is 27.7 Å². The Morgan fingerprint density at radius 1 is 0.818 bits per heavy atom. The monoisotopic (exact) mass is 310 g/mol. The Morgan fingerprint density at radius 2 is 1.23 bits per heavy atom. The zero-order valence-electron chi connectivity index (χ0n) is 14.2. The molecular formula is C18H30O4. The fourth-order valence-electron chi connectivity index (χ4n) is 2.26. The summed E-state index contributed by atoms with van der Waals surface area (Å²) in [5.74, 6) is 2.21. The lowest BCUT2D eigenvalue weighted by Gasteiger charge is -2.16. The van der Waals surface area contributed by atoms with Gasteiger partial charge < -0.3 is 19.7 Å². The summed E-state index contributed by atoms with van der Waals surface area (Å²) in [5.41, 5.74) is 0. The molecule has 0 aliphatic rings. The van der Waals surface area contributed by atoms with Crippen molar-refractivity contribution in [1.29, 1.82) is 0 Å². The predicted molar refractivity (Wildman–Crippen MR) is 88.4 cm³/mol. The van der Waals surface area contributed by atoms with Crippen LogP contribution < -0.4 is 9.47 Å². The maximum Gasteiger partial charge on any atom is 0.123 e. The number of rotatable bonds is 10. The third-order valence-corrected chi connectivity index (χ3v) is 3.18. The summed E-state index contributed by atoms with van der Waals surface area (Å²) in [5, 5.41) is 19.6. The zero-order valence-corrected chi connectivity index (χ0v) is 14.2. The van der Waals surface area contributed by atoms with Crippen LogP contribution in [-0.4, -0.2) is 35.6 Å². The highest BCUT2D eigenvalue weighted by Crippen LogP contribution is 2.20. The maximum atomic E-state index is 9.82. The van der Waals surface area contributed by atoms with Gasteiger partial charge in [0.25, 0.3) is 0 Å². The first-order chi connectivity index (χ1) is 10.4. The smallest absolute Gasteiger partial charge is 0.123 e. The van der Waals surface area contributed by atoms with Gasteiger partial charge in [-0.15, -0.1) is 0 Å². The van der Waals surface area contributed by atoms with Crippen molar-refractivity contribution >= 4 is 0 Å². The first-order valence-electron chi connectivity index (χ1n) is 8.08. The van der Waals surface area contributed by atoms with E-state index in [1.807, 2.05) is 18.2 Å². The largest absolute Gasteiger partial charge is 0.491 e. The molecule has 0 heterocycles. The molecule has 0 bridgehead atoms. The van der Waals surface area contributed by atoms with Gasteiger partial charge in [-0.05, 0) is 36.8 Å². The van der Waals surface area contributed by atoms with Crippen molar-refractivity contribution in [2.75, 3.05) is 13.2 Å². The molecular weight excluding hydrogens is 280 g/mol. The summed E-state index contributed by atoms with van der Waals surface area (Å²) in [6.07, 6.45) is 0.518. The minimum atomic E-state index is -0.461. The molecule has 4 heteroatoms. The van der Waals surface area contributed by atoms with E-state index >= 15 is 0 Å². The molecule has 0 aliphatic heterocycles. The molecule has 0 aliphatic carbocycles. The van der Waals surface area contributed by atoms with Gasteiger partial charge in [-0.2, -0.15) is 0 Å². The van der Waals surface area contributed by atoms with E-state index in [0.29, 0.717) is 23.3 Å². The van der Waals surface area contributed by atoms with E-state index in [1.54, 1.807) is 6.07 Å².